The Morgan fingerprint density at radius 2 is 1.69 bits per heavy atom. The molecule has 0 spiro atoms. The minimum atomic E-state index is -1.43. The fraction of sp³-hybridized carbons (Fsp3) is 0.207. The number of hydrogen-bond acceptors (Lipinski definition) is 6. The van der Waals surface area contributed by atoms with Crippen molar-refractivity contribution < 1.29 is 14.3 Å². The normalized spacial score (nSPS) is 19.2. The first-order valence-corrected chi connectivity index (χ1v) is 11.8. The molecule has 1 saturated heterocycles. The third kappa shape index (κ3) is 3.50. The molecular formula is C29H22ClN3O3. The summed E-state index contributed by atoms with van der Waals surface area (Å²) in [6, 6.07) is 23.8. The van der Waals surface area contributed by atoms with Gasteiger partial charge in [-0.1, -0.05) is 35.9 Å². The standard InChI is InChI=1S/C29H22ClN3O3/c1-35-25-12-9-19(13-26(25)36-2)23-15-33-24-6-4-3-5-21(24)22(14-27(33)29(23,16-31)17-32)28(34)18-7-10-20(30)11-8-18/h3-14,23,27H,15H2,1-2H3. The van der Waals surface area contributed by atoms with Crippen LogP contribution in [-0.2, 0) is 0 Å². The summed E-state index contributed by atoms with van der Waals surface area (Å²) in [5, 5.41) is 21.4. The highest BCUT2D eigenvalue weighted by molar-refractivity contribution is 6.32. The van der Waals surface area contributed by atoms with Gasteiger partial charge in [0.25, 0.3) is 0 Å². The number of nitriles is 2. The Hall–Kier alpha value is -4.26. The minimum Gasteiger partial charge on any atom is -0.493 e. The molecule has 2 atom stereocenters. The third-order valence-corrected chi connectivity index (χ3v) is 7.34. The number of allylic oxidation sites excluding steroid dienone is 1. The van der Waals surface area contributed by atoms with Gasteiger partial charge >= 0.3 is 0 Å². The zero-order valence-electron chi connectivity index (χ0n) is 19.7. The van der Waals surface area contributed by atoms with Crippen molar-refractivity contribution in [3.63, 3.8) is 0 Å². The van der Waals surface area contributed by atoms with E-state index in [1.165, 1.54) is 0 Å². The Morgan fingerprint density at radius 3 is 2.36 bits per heavy atom. The van der Waals surface area contributed by atoms with Gasteiger partial charge in [0, 0.05) is 39.9 Å². The summed E-state index contributed by atoms with van der Waals surface area (Å²) >= 11 is 6.02. The molecule has 0 aliphatic carbocycles. The number of fused-ring (bicyclic) bond motifs is 3. The number of anilines is 1. The maximum atomic E-state index is 13.6. The lowest BCUT2D eigenvalue weighted by Gasteiger charge is -2.35. The van der Waals surface area contributed by atoms with Crippen LogP contribution in [-0.4, -0.2) is 32.6 Å². The van der Waals surface area contributed by atoms with Gasteiger partial charge in [0.2, 0.25) is 0 Å². The number of carbonyl (C=O) groups is 1. The van der Waals surface area contributed by atoms with Crippen molar-refractivity contribution in [3.05, 3.63) is 94.5 Å². The van der Waals surface area contributed by atoms with Gasteiger partial charge in [-0.05, 0) is 54.1 Å². The zero-order valence-corrected chi connectivity index (χ0v) is 20.5. The van der Waals surface area contributed by atoms with Crippen LogP contribution in [0.4, 0.5) is 5.69 Å². The molecule has 0 radical (unpaired) electrons. The van der Waals surface area contributed by atoms with Crippen LogP contribution < -0.4 is 14.4 Å². The summed E-state index contributed by atoms with van der Waals surface area (Å²) in [5.41, 5.74) is 1.91. The van der Waals surface area contributed by atoms with Crippen LogP contribution in [0.25, 0.3) is 5.57 Å². The van der Waals surface area contributed by atoms with E-state index >= 15 is 0 Å². The monoisotopic (exact) mass is 495 g/mol. The molecule has 0 saturated carbocycles. The maximum Gasteiger partial charge on any atom is 0.193 e. The lowest BCUT2D eigenvalue weighted by Crippen LogP contribution is -2.40. The Labute approximate surface area is 214 Å². The van der Waals surface area contributed by atoms with E-state index in [1.807, 2.05) is 36.4 Å². The number of ketones is 1. The predicted molar refractivity (Wildman–Crippen MR) is 137 cm³/mol. The smallest absolute Gasteiger partial charge is 0.193 e. The molecule has 5 rings (SSSR count). The van der Waals surface area contributed by atoms with Gasteiger partial charge in [0.05, 0.1) is 32.4 Å². The van der Waals surface area contributed by atoms with Crippen LogP contribution in [0.15, 0.2) is 72.8 Å². The van der Waals surface area contributed by atoms with Gasteiger partial charge in [-0.15, -0.1) is 0 Å². The second-order valence-corrected chi connectivity index (χ2v) is 9.23. The zero-order chi connectivity index (χ0) is 25.4. The number of ether oxygens (including phenoxy) is 2. The van der Waals surface area contributed by atoms with Crippen molar-refractivity contribution in [1.82, 2.24) is 0 Å². The number of para-hydroxylation sites is 1. The van der Waals surface area contributed by atoms with Crippen molar-refractivity contribution >= 4 is 28.6 Å². The molecule has 2 aliphatic heterocycles. The minimum absolute atomic E-state index is 0.182. The maximum absolute atomic E-state index is 13.6. The van der Waals surface area contributed by atoms with Gasteiger partial charge in [0.15, 0.2) is 22.7 Å². The molecule has 6 nitrogen and oxygen atoms in total. The second kappa shape index (κ2) is 9.07. The van der Waals surface area contributed by atoms with E-state index < -0.39 is 17.4 Å². The first kappa shape index (κ1) is 23.5. The quantitative estimate of drug-likeness (QED) is 0.425. The van der Waals surface area contributed by atoms with E-state index in [0.29, 0.717) is 34.2 Å². The van der Waals surface area contributed by atoms with E-state index in [9.17, 15) is 15.3 Å². The van der Waals surface area contributed by atoms with Gasteiger partial charge in [-0.2, -0.15) is 10.5 Å². The number of nitrogens with zero attached hydrogens (tertiary/aromatic N) is 3. The number of halogens is 1. The number of methoxy groups -OCH3 is 2. The van der Waals surface area contributed by atoms with E-state index in [1.54, 1.807) is 50.6 Å². The highest BCUT2D eigenvalue weighted by Gasteiger charge is 2.57. The molecule has 1 fully saturated rings. The van der Waals surface area contributed by atoms with Crippen LogP contribution in [0.3, 0.4) is 0 Å². The predicted octanol–water partition coefficient (Wildman–Crippen LogP) is 5.64. The largest absolute Gasteiger partial charge is 0.493 e. The van der Waals surface area contributed by atoms with Crippen LogP contribution in [0.2, 0.25) is 5.02 Å². The third-order valence-electron chi connectivity index (χ3n) is 7.09. The molecule has 0 N–H and O–H groups in total. The van der Waals surface area contributed by atoms with E-state index in [2.05, 4.69) is 17.0 Å². The molecule has 36 heavy (non-hydrogen) atoms. The highest BCUT2D eigenvalue weighted by Crippen LogP contribution is 2.53. The summed E-state index contributed by atoms with van der Waals surface area (Å²) in [5.74, 6) is 0.460. The molecule has 178 valence electrons. The number of carbonyl (C=O) groups excluding carboxylic acids is 1. The van der Waals surface area contributed by atoms with Crippen LogP contribution in [0.1, 0.15) is 27.4 Å². The average molecular weight is 496 g/mol. The van der Waals surface area contributed by atoms with Gasteiger partial charge in [-0.3, -0.25) is 4.79 Å². The van der Waals surface area contributed by atoms with Crippen molar-refractivity contribution in [2.24, 2.45) is 5.41 Å². The number of Topliss-reactive ketones (excluding diaryl/α,β-unsaturated/α-hetero) is 1. The first-order valence-electron chi connectivity index (χ1n) is 11.4. The van der Waals surface area contributed by atoms with Gasteiger partial charge < -0.3 is 14.4 Å². The Morgan fingerprint density at radius 1 is 1.00 bits per heavy atom. The Bertz CT molecular complexity index is 1450. The SMILES string of the molecule is COc1ccc(C2CN3c4ccccc4C(C(=O)c4ccc(Cl)cc4)=CC3C2(C#N)C#N)cc1OC. The fourth-order valence-corrected chi connectivity index (χ4v) is 5.41. The van der Waals surface area contributed by atoms with E-state index in [0.717, 1.165) is 16.8 Å². The van der Waals surface area contributed by atoms with Crippen LogP contribution in [0, 0.1) is 28.1 Å². The summed E-state index contributed by atoms with van der Waals surface area (Å²) in [7, 11) is 3.11. The van der Waals surface area contributed by atoms with Gasteiger partial charge in [-0.25, -0.2) is 0 Å². The molecule has 7 heteroatoms. The summed E-state index contributed by atoms with van der Waals surface area (Å²) in [4.78, 5) is 15.7. The average Bonchev–Trinajstić information content (AvgIpc) is 3.27. The lowest BCUT2D eigenvalue weighted by atomic mass is 9.71. The summed E-state index contributed by atoms with van der Waals surface area (Å²) in [6.45, 7) is 0.428. The van der Waals surface area contributed by atoms with Crippen LogP contribution in [0.5, 0.6) is 11.5 Å². The summed E-state index contributed by atoms with van der Waals surface area (Å²) < 4.78 is 10.9. The molecule has 3 aromatic rings. The fourth-order valence-electron chi connectivity index (χ4n) is 5.28. The lowest BCUT2D eigenvalue weighted by molar-refractivity contribution is 0.105. The van der Waals surface area contributed by atoms with E-state index in [4.69, 9.17) is 21.1 Å². The molecule has 0 bridgehead atoms. The van der Waals surface area contributed by atoms with Gasteiger partial charge in [0.1, 0.15) is 0 Å². The number of benzene rings is 3. The van der Waals surface area contributed by atoms with Crippen molar-refractivity contribution in [3.8, 4) is 23.6 Å². The molecule has 3 aromatic carbocycles. The van der Waals surface area contributed by atoms with Crippen molar-refractivity contribution in [2.75, 3.05) is 25.7 Å². The number of rotatable bonds is 5. The molecule has 2 unspecified atom stereocenters. The Balaban J connectivity index is 1.66. The molecule has 0 amide bonds. The number of hydrogen-bond donors (Lipinski definition) is 0. The van der Waals surface area contributed by atoms with E-state index in [-0.39, 0.29) is 5.78 Å². The second-order valence-electron chi connectivity index (χ2n) is 8.79. The van der Waals surface area contributed by atoms with Crippen molar-refractivity contribution in [1.29, 1.82) is 10.5 Å². The topological polar surface area (TPSA) is 86.4 Å². The Kier molecular flexibility index (Phi) is 5.92. The summed E-state index contributed by atoms with van der Waals surface area (Å²) in [6.07, 6.45) is 1.78. The molecule has 0 aromatic heterocycles. The van der Waals surface area contributed by atoms with Crippen molar-refractivity contribution in [2.45, 2.75) is 12.0 Å². The molecular weight excluding hydrogens is 474 g/mol. The first-order chi connectivity index (χ1) is 17.5. The molecule has 2 heterocycles. The highest BCUT2D eigenvalue weighted by atomic mass is 35.5. The molecule has 2 aliphatic rings. The van der Waals surface area contributed by atoms with Crippen LogP contribution >= 0.6 is 11.6 Å².